The molecule has 0 saturated heterocycles. The molecule has 90 valence electrons. The Hall–Kier alpha value is -0.760. The van der Waals surface area contributed by atoms with E-state index in [4.69, 9.17) is 0 Å². The molecule has 0 bridgehead atoms. The van der Waals surface area contributed by atoms with E-state index in [-0.39, 0.29) is 0 Å². The quantitative estimate of drug-likeness (QED) is 0.826. The fourth-order valence-electron chi connectivity index (χ4n) is 3.22. The summed E-state index contributed by atoms with van der Waals surface area (Å²) in [5, 5.41) is 0. The average molecular weight is 220 g/mol. The van der Waals surface area contributed by atoms with Crippen molar-refractivity contribution in [2.24, 2.45) is 0 Å². The van der Waals surface area contributed by atoms with Crippen LogP contribution >= 0.6 is 0 Å². The van der Waals surface area contributed by atoms with Crippen molar-refractivity contribution in [2.45, 2.75) is 65.1 Å². The SMILES string of the molecule is CCC[C@H]1c2cc[nH]c2C[C@H](C)N1C(C)C. The van der Waals surface area contributed by atoms with Crippen LogP contribution in [0.4, 0.5) is 0 Å². The van der Waals surface area contributed by atoms with Gasteiger partial charge in [0.05, 0.1) is 0 Å². The highest BCUT2D eigenvalue weighted by molar-refractivity contribution is 5.28. The molecule has 2 rings (SSSR count). The Kier molecular flexibility index (Phi) is 3.38. The Balaban J connectivity index is 2.33. The summed E-state index contributed by atoms with van der Waals surface area (Å²) in [6.45, 7) is 9.27. The van der Waals surface area contributed by atoms with Gasteiger partial charge in [-0.1, -0.05) is 13.3 Å². The van der Waals surface area contributed by atoms with Crippen molar-refractivity contribution in [3.63, 3.8) is 0 Å². The highest BCUT2D eigenvalue weighted by Gasteiger charge is 2.33. The lowest BCUT2D eigenvalue weighted by Crippen LogP contribution is -2.45. The predicted molar refractivity (Wildman–Crippen MR) is 68.6 cm³/mol. The number of nitrogens with zero attached hydrogens (tertiary/aromatic N) is 1. The monoisotopic (exact) mass is 220 g/mol. The summed E-state index contributed by atoms with van der Waals surface area (Å²) in [6.07, 6.45) is 5.79. The molecule has 16 heavy (non-hydrogen) atoms. The van der Waals surface area contributed by atoms with Crippen LogP contribution in [0.5, 0.6) is 0 Å². The van der Waals surface area contributed by atoms with E-state index in [1.54, 1.807) is 0 Å². The van der Waals surface area contributed by atoms with Crippen molar-refractivity contribution < 1.29 is 0 Å². The van der Waals surface area contributed by atoms with Gasteiger partial charge >= 0.3 is 0 Å². The van der Waals surface area contributed by atoms with Crippen molar-refractivity contribution in [1.29, 1.82) is 0 Å². The van der Waals surface area contributed by atoms with Crippen molar-refractivity contribution in [2.75, 3.05) is 0 Å². The molecule has 1 N–H and O–H groups in total. The topological polar surface area (TPSA) is 19.0 Å². The summed E-state index contributed by atoms with van der Waals surface area (Å²) in [6, 6.07) is 4.18. The lowest BCUT2D eigenvalue weighted by molar-refractivity contribution is 0.0829. The second-order valence-electron chi connectivity index (χ2n) is 5.31. The first-order valence-corrected chi connectivity index (χ1v) is 6.58. The van der Waals surface area contributed by atoms with Gasteiger partial charge in [-0.25, -0.2) is 0 Å². The first kappa shape index (κ1) is 11.7. The summed E-state index contributed by atoms with van der Waals surface area (Å²) in [7, 11) is 0. The Morgan fingerprint density at radius 2 is 2.25 bits per heavy atom. The summed E-state index contributed by atoms with van der Waals surface area (Å²) in [5.41, 5.74) is 3.00. The van der Waals surface area contributed by atoms with E-state index in [9.17, 15) is 0 Å². The van der Waals surface area contributed by atoms with E-state index in [0.29, 0.717) is 18.1 Å². The van der Waals surface area contributed by atoms with Crippen LogP contribution in [0.3, 0.4) is 0 Å². The number of hydrogen-bond donors (Lipinski definition) is 1. The molecular formula is C14H24N2. The number of H-pyrrole nitrogens is 1. The molecule has 1 aromatic rings. The Morgan fingerprint density at radius 3 is 2.88 bits per heavy atom. The van der Waals surface area contributed by atoms with Crippen molar-refractivity contribution in [1.82, 2.24) is 9.88 Å². The maximum Gasteiger partial charge on any atom is 0.0371 e. The number of aromatic nitrogens is 1. The van der Waals surface area contributed by atoms with Gasteiger partial charge in [0.2, 0.25) is 0 Å². The van der Waals surface area contributed by atoms with Crippen LogP contribution in [-0.4, -0.2) is 22.0 Å². The smallest absolute Gasteiger partial charge is 0.0371 e. The summed E-state index contributed by atoms with van der Waals surface area (Å²) in [5.74, 6) is 0. The molecule has 2 nitrogen and oxygen atoms in total. The molecule has 2 heteroatoms. The van der Waals surface area contributed by atoms with E-state index in [1.165, 1.54) is 30.5 Å². The molecule has 2 heterocycles. The van der Waals surface area contributed by atoms with E-state index in [1.807, 2.05) is 0 Å². The Morgan fingerprint density at radius 1 is 1.50 bits per heavy atom. The second kappa shape index (κ2) is 4.62. The molecule has 0 aliphatic carbocycles. The van der Waals surface area contributed by atoms with Crippen LogP contribution in [-0.2, 0) is 6.42 Å². The minimum Gasteiger partial charge on any atom is -0.365 e. The third-order valence-electron chi connectivity index (χ3n) is 3.75. The fourth-order valence-corrected chi connectivity index (χ4v) is 3.22. The van der Waals surface area contributed by atoms with Crippen LogP contribution < -0.4 is 0 Å². The van der Waals surface area contributed by atoms with Gasteiger partial charge in [-0.2, -0.15) is 0 Å². The summed E-state index contributed by atoms with van der Waals surface area (Å²) in [4.78, 5) is 6.09. The minimum absolute atomic E-state index is 0.620. The number of aromatic amines is 1. The first-order chi connectivity index (χ1) is 7.65. The van der Waals surface area contributed by atoms with Crippen molar-refractivity contribution >= 4 is 0 Å². The van der Waals surface area contributed by atoms with Crippen molar-refractivity contribution in [3.8, 4) is 0 Å². The molecule has 0 spiro atoms. The van der Waals surface area contributed by atoms with Gasteiger partial charge < -0.3 is 4.98 Å². The van der Waals surface area contributed by atoms with Crippen LogP contribution in [0.25, 0.3) is 0 Å². The van der Waals surface area contributed by atoms with E-state index < -0.39 is 0 Å². The van der Waals surface area contributed by atoms with Crippen LogP contribution in [0, 0.1) is 0 Å². The molecule has 0 amide bonds. The lowest BCUT2D eigenvalue weighted by atomic mass is 9.90. The zero-order valence-corrected chi connectivity index (χ0v) is 11.0. The van der Waals surface area contributed by atoms with Crippen LogP contribution in [0.2, 0.25) is 0 Å². The predicted octanol–water partition coefficient (Wildman–Crippen LogP) is 3.51. The summed E-state index contributed by atoms with van der Waals surface area (Å²) >= 11 is 0. The number of fused-ring (bicyclic) bond motifs is 1. The van der Waals surface area contributed by atoms with Crippen molar-refractivity contribution in [3.05, 3.63) is 23.5 Å². The molecule has 0 aromatic carbocycles. The normalized spacial score (nSPS) is 26.1. The summed E-state index contributed by atoms with van der Waals surface area (Å²) < 4.78 is 0. The molecule has 0 radical (unpaired) electrons. The van der Waals surface area contributed by atoms with Gasteiger partial charge in [0, 0.05) is 36.4 Å². The van der Waals surface area contributed by atoms with Gasteiger partial charge in [-0.05, 0) is 38.8 Å². The zero-order chi connectivity index (χ0) is 11.7. The Labute approximate surface area is 99.0 Å². The molecule has 2 atom stereocenters. The lowest BCUT2D eigenvalue weighted by Gasteiger charge is -2.43. The molecule has 0 fully saturated rings. The third kappa shape index (κ3) is 1.91. The van der Waals surface area contributed by atoms with Crippen LogP contribution in [0.1, 0.15) is 57.8 Å². The number of rotatable bonds is 3. The zero-order valence-electron chi connectivity index (χ0n) is 11.0. The maximum absolute atomic E-state index is 3.41. The highest BCUT2D eigenvalue weighted by atomic mass is 15.2. The Bertz CT molecular complexity index is 340. The average Bonchev–Trinajstić information content (AvgIpc) is 2.64. The van der Waals surface area contributed by atoms with Crippen LogP contribution in [0.15, 0.2) is 12.3 Å². The largest absolute Gasteiger partial charge is 0.365 e. The highest BCUT2D eigenvalue weighted by Crippen LogP contribution is 2.36. The van der Waals surface area contributed by atoms with Gasteiger partial charge in [0.15, 0.2) is 0 Å². The first-order valence-electron chi connectivity index (χ1n) is 6.58. The van der Waals surface area contributed by atoms with Gasteiger partial charge in [0.1, 0.15) is 0 Å². The standard InChI is InChI=1S/C14H24N2/c1-5-6-14-12-7-8-15-13(12)9-11(4)16(14)10(2)3/h7-8,10-11,14-15H,5-6,9H2,1-4H3/t11-,14-/m0/s1. The maximum atomic E-state index is 3.41. The molecule has 1 aliphatic rings. The van der Waals surface area contributed by atoms with E-state index in [0.717, 1.165) is 0 Å². The van der Waals surface area contributed by atoms with Gasteiger partial charge in [-0.15, -0.1) is 0 Å². The van der Waals surface area contributed by atoms with E-state index >= 15 is 0 Å². The molecule has 1 aliphatic heterocycles. The van der Waals surface area contributed by atoms with Gasteiger partial charge in [-0.3, -0.25) is 4.90 Å². The minimum atomic E-state index is 0.620. The molecule has 0 unspecified atom stereocenters. The molecule has 0 saturated carbocycles. The molecule has 1 aromatic heterocycles. The number of hydrogen-bond acceptors (Lipinski definition) is 1. The van der Waals surface area contributed by atoms with Gasteiger partial charge in [0.25, 0.3) is 0 Å². The fraction of sp³-hybridized carbons (Fsp3) is 0.714. The third-order valence-corrected chi connectivity index (χ3v) is 3.75. The van der Waals surface area contributed by atoms with E-state index in [2.05, 4.69) is 49.8 Å². The second-order valence-corrected chi connectivity index (χ2v) is 5.31. The molecular weight excluding hydrogens is 196 g/mol. The number of nitrogens with one attached hydrogen (secondary N) is 1.